The number of amides is 3. The monoisotopic (exact) mass is 479 g/mol. The van der Waals surface area contributed by atoms with Crippen molar-refractivity contribution in [2.24, 2.45) is 0 Å². The Kier molecular flexibility index (Phi) is 6.39. The second-order valence-corrected chi connectivity index (χ2v) is 10.6. The van der Waals surface area contributed by atoms with E-state index in [1.165, 1.54) is 28.0 Å². The third-order valence-electron chi connectivity index (χ3n) is 5.89. The lowest BCUT2D eigenvalue weighted by Crippen LogP contribution is -2.43. The molecule has 0 N–H and O–H groups in total. The van der Waals surface area contributed by atoms with Crippen LogP contribution in [0.3, 0.4) is 0 Å². The molecule has 2 aliphatic rings. The van der Waals surface area contributed by atoms with Crippen molar-refractivity contribution in [3.63, 3.8) is 0 Å². The fourth-order valence-electron chi connectivity index (χ4n) is 4.15. The quantitative estimate of drug-likeness (QED) is 0.675. The van der Waals surface area contributed by atoms with Gasteiger partial charge in [-0.15, -0.1) is 0 Å². The normalized spacial score (nSPS) is 21.0. The molecule has 0 radical (unpaired) electrons. The maximum absolute atomic E-state index is 14.2. The minimum atomic E-state index is -3.62. The number of anilines is 1. The number of nitrogens with zero attached hydrogens (tertiary/aromatic N) is 3. The van der Waals surface area contributed by atoms with Gasteiger partial charge in [0.15, 0.2) is 9.84 Å². The van der Waals surface area contributed by atoms with E-state index in [0.29, 0.717) is 23.8 Å². The van der Waals surface area contributed by atoms with Crippen LogP contribution in [0.4, 0.5) is 14.9 Å². The molecule has 170 valence electrons. The second-order valence-electron chi connectivity index (χ2n) is 7.88. The molecule has 0 aliphatic carbocycles. The Morgan fingerprint density at radius 3 is 2.59 bits per heavy atom. The first-order valence-corrected chi connectivity index (χ1v) is 12.4. The van der Waals surface area contributed by atoms with E-state index < -0.39 is 20.9 Å². The molecular weight excluding hydrogens is 457 g/mol. The van der Waals surface area contributed by atoms with Crippen LogP contribution in [0.15, 0.2) is 48.5 Å². The Hall–Kier alpha value is -2.65. The molecule has 4 rings (SSSR count). The van der Waals surface area contributed by atoms with Gasteiger partial charge in [0, 0.05) is 42.5 Å². The van der Waals surface area contributed by atoms with Gasteiger partial charge in [0.2, 0.25) is 5.91 Å². The van der Waals surface area contributed by atoms with Crippen LogP contribution in [-0.4, -0.2) is 68.6 Å². The van der Waals surface area contributed by atoms with Crippen molar-refractivity contribution in [1.29, 1.82) is 0 Å². The van der Waals surface area contributed by atoms with E-state index in [1.54, 1.807) is 35.2 Å². The topological polar surface area (TPSA) is 78.0 Å². The summed E-state index contributed by atoms with van der Waals surface area (Å²) in [7, 11) is -3.62. The van der Waals surface area contributed by atoms with Crippen LogP contribution in [0.2, 0.25) is 5.02 Å². The van der Waals surface area contributed by atoms with Gasteiger partial charge in [0.25, 0.3) is 0 Å². The van der Waals surface area contributed by atoms with E-state index in [9.17, 15) is 22.4 Å². The molecule has 32 heavy (non-hydrogen) atoms. The van der Waals surface area contributed by atoms with Crippen molar-refractivity contribution >= 4 is 39.1 Å². The maximum Gasteiger partial charge on any atom is 0.325 e. The summed E-state index contributed by atoms with van der Waals surface area (Å²) < 4.78 is 39.7. The van der Waals surface area contributed by atoms with Crippen LogP contribution >= 0.6 is 11.6 Å². The summed E-state index contributed by atoms with van der Waals surface area (Å²) >= 11 is 6.01. The summed E-state index contributed by atoms with van der Waals surface area (Å²) in [6.07, 6.45) is 0.109. The van der Waals surface area contributed by atoms with Gasteiger partial charge in [-0.25, -0.2) is 17.6 Å². The Bertz CT molecular complexity index is 1140. The Labute approximate surface area is 191 Å². The largest absolute Gasteiger partial charge is 0.340 e. The second kappa shape index (κ2) is 9.07. The average molecular weight is 480 g/mol. The molecule has 10 heteroatoms. The Balaban J connectivity index is 1.42. The first-order chi connectivity index (χ1) is 15.3. The molecule has 1 atom stereocenters. The fraction of sp³-hybridized carbons (Fsp3) is 0.364. The van der Waals surface area contributed by atoms with Crippen LogP contribution in [-0.2, 0) is 14.6 Å². The predicted octanol–water partition coefficient (Wildman–Crippen LogP) is 3.11. The van der Waals surface area contributed by atoms with Crippen LogP contribution in [0.5, 0.6) is 0 Å². The summed E-state index contributed by atoms with van der Waals surface area (Å²) in [6, 6.07) is 12.5. The first-order valence-electron chi connectivity index (χ1n) is 10.3. The van der Waals surface area contributed by atoms with E-state index in [2.05, 4.69) is 0 Å². The van der Waals surface area contributed by atoms with Crippen molar-refractivity contribution in [3.05, 3.63) is 64.9 Å². The molecule has 7 nitrogen and oxygen atoms in total. The van der Waals surface area contributed by atoms with Crippen LogP contribution in [0.25, 0.3) is 0 Å². The molecule has 1 unspecified atom stereocenters. The third kappa shape index (κ3) is 4.59. The van der Waals surface area contributed by atoms with Crippen LogP contribution < -0.4 is 4.90 Å². The minimum absolute atomic E-state index is 0.0200. The molecule has 2 aromatic rings. The van der Waals surface area contributed by atoms with Gasteiger partial charge in [-0.2, -0.15) is 0 Å². The minimum Gasteiger partial charge on any atom is -0.340 e. The van der Waals surface area contributed by atoms with Gasteiger partial charge in [-0.3, -0.25) is 9.69 Å². The van der Waals surface area contributed by atoms with Gasteiger partial charge in [0.05, 0.1) is 11.0 Å². The van der Waals surface area contributed by atoms with Gasteiger partial charge in [-0.05, 0) is 30.7 Å². The maximum atomic E-state index is 14.2. The van der Waals surface area contributed by atoms with Gasteiger partial charge >= 0.3 is 6.03 Å². The van der Waals surface area contributed by atoms with Gasteiger partial charge in [-0.1, -0.05) is 35.9 Å². The number of carbonyl (C=O) groups excluding carboxylic acids is 2. The van der Waals surface area contributed by atoms with Crippen molar-refractivity contribution in [3.8, 4) is 0 Å². The molecule has 2 aromatic carbocycles. The number of urea groups is 1. The van der Waals surface area contributed by atoms with Gasteiger partial charge in [0.1, 0.15) is 12.4 Å². The van der Waals surface area contributed by atoms with Crippen molar-refractivity contribution in [2.75, 3.05) is 43.4 Å². The molecule has 2 fully saturated rings. The summed E-state index contributed by atoms with van der Waals surface area (Å²) in [5.41, 5.74) is 0.791. The van der Waals surface area contributed by atoms with Crippen LogP contribution in [0.1, 0.15) is 17.2 Å². The van der Waals surface area contributed by atoms with E-state index in [4.69, 9.17) is 11.6 Å². The van der Waals surface area contributed by atoms with Crippen molar-refractivity contribution in [1.82, 2.24) is 9.80 Å². The zero-order valence-corrected chi connectivity index (χ0v) is 18.9. The van der Waals surface area contributed by atoms with E-state index in [1.807, 2.05) is 0 Å². The number of halogens is 2. The van der Waals surface area contributed by atoms with E-state index >= 15 is 0 Å². The molecule has 2 saturated heterocycles. The third-order valence-corrected chi connectivity index (χ3v) is 8.23. The summed E-state index contributed by atoms with van der Waals surface area (Å²) in [4.78, 5) is 30.1. The van der Waals surface area contributed by atoms with Crippen LogP contribution in [0, 0.1) is 5.82 Å². The zero-order chi connectivity index (χ0) is 22.9. The summed E-state index contributed by atoms with van der Waals surface area (Å²) in [5, 5.41) is -0.478. The van der Waals surface area contributed by atoms with Crippen molar-refractivity contribution < 1.29 is 22.4 Å². The first kappa shape index (κ1) is 22.5. The molecule has 0 spiro atoms. The number of hydrogen-bond acceptors (Lipinski definition) is 4. The number of sulfone groups is 1. The molecule has 3 amide bonds. The molecule has 0 bridgehead atoms. The Morgan fingerprint density at radius 1 is 1.06 bits per heavy atom. The molecular formula is C22H23ClFN3O4S. The highest BCUT2D eigenvalue weighted by molar-refractivity contribution is 7.91. The van der Waals surface area contributed by atoms with E-state index in [0.717, 1.165) is 0 Å². The van der Waals surface area contributed by atoms with E-state index in [-0.39, 0.29) is 49.3 Å². The highest BCUT2D eigenvalue weighted by Gasteiger charge is 2.36. The molecule has 2 aliphatic heterocycles. The Morgan fingerprint density at radius 2 is 1.84 bits per heavy atom. The number of hydrogen-bond donors (Lipinski definition) is 0. The zero-order valence-electron chi connectivity index (χ0n) is 17.3. The standard InChI is InChI=1S/C22H23ClFN3O4S/c23-16-4-3-5-17(14-16)27-11-10-26(22(27)29)15-21(28)25-9-8-20(32(30,31)13-12-25)18-6-1-2-7-19(18)24/h1-7,14,20H,8-13,15H2. The smallest absolute Gasteiger partial charge is 0.325 e. The lowest BCUT2D eigenvalue weighted by Gasteiger charge is -2.24. The summed E-state index contributed by atoms with van der Waals surface area (Å²) in [6.45, 7) is 0.862. The lowest BCUT2D eigenvalue weighted by molar-refractivity contribution is -0.131. The van der Waals surface area contributed by atoms with Gasteiger partial charge < -0.3 is 9.80 Å². The molecule has 0 aromatic heterocycles. The number of benzene rings is 2. The fourth-order valence-corrected chi connectivity index (χ4v) is 6.14. The summed E-state index contributed by atoms with van der Waals surface area (Å²) in [5.74, 6) is -1.14. The SMILES string of the molecule is O=C(CN1CCN(c2cccc(Cl)c2)C1=O)N1CCC(c2ccccc2F)S(=O)(=O)CC1. The lowest BCUT2D eigenvalue weighted by atomic mass is 10.1. The highest BCUT2D eigenvalue weighted by atomic mass is 35.5. The number of carbonyl (C=O) groups is 2. The van der Waals surface area contributed by atoms with Crippen molar-refractivity contribution in [2.45, 2.75) is 11.7 Å². The molecule has 0 saturated carbocycles. The molecule has 2 heterocycles. The highest BCUT2D eigenvalue weighted by Crippen LogP contribution is 2.31. The number of rotatable bonds is 4. The average Bonchev–Trinajstić information content (AvgIpc) is 3.02. The predicted molar refractivity (Wildman–Crippen MR) is 120 cm³/mol.